The van der Waals surface area contributed by atoms with E-state index in [9.17, 15) is 9.59 Å². The maximum atomic E-state index is 13.0. The molecule has 0 radical (unpaired) electrons. The van der Waals surface area contributed by atoms with Gasteiger partial charge in [-0.2, -0.15) is 0 Å². The van der Waals surface area contributed by atoms with Crippen LogP contribution in [0.3, 0.4) is 0 Å². The van der Waals surface area contributed by atoms with Gasteiger partial charge in [-0.1, -0.05) is 41.6 Å². The van der Waals surface area contributed by atoms with Gasteiger partial charge < -0.3 is 14.6 Å². The molecule has 0 spiro atoms. The molecule has 0 aliphatic rings. The van der Waals surface area contributed by atoms with Crippen LogP contribution in [0, 0.1) is 6.92 Å². The number of aromatic nitrogens is 3. The molecule has 0 atom stereocenters. The molecular weight excluding hydrogens is 384 g/mol. The third kappa shape index (κ3) is 3.80. The second-order valence-electron chi connectivity index (χ2n) is 6.82. The van der Waals surface area contributed by atoms with Crippen molar-refractivity contribution in [2.45, 2.75) is 19.9 Å². The summed E-state index contributed by atoms with van der Waals surface area (Å²) in [6, 6.07) is 14.8. The number of ether oxygens (including phenoxy) is 1. The lowest BCUT2D eigenvalue weighted by Crippen LogP contribution is -2.23. The van der Waals surface area contributed by atoms with E-state index in [4.69, 9.17) is 9.26 Å². The van der Waals surface area contributed by atoms with Gasteiger partial charge in [0.2, 0.25) is 5.91 Å². The van der Waals surface area contributed by atoms with Gasteiger partial charge in [0.05, 0.1) is 12.8 Å². The minimum Gasteiger partial charge on any atom is -0.495 e. The number of benzene rings is 2. The fourth-order valence-corrected chi connectivity index (χ4v) is 3.19. The molecule has 0 saturated heterocycles. The van der Waals surface area contributed by atoms with Gasteiger partial charge in [0.15, 0.2) is 0 Å². The summed E-state index contributed by atoms with van der Waals surface area (Å²) in [7, 11) is 1.55. The van der Waals surface area contributed by atoms with Crippen molar-refractivity contribution >= 4 is 22.7 Å². The van der Waals surface area contributed by atoms with Crippen molar-refractivity contribution in [1.82, 2.24) is 14.7 Å². The minimum atomic E-state index is -0.305. The van der Waals surface area contributed by atoms with Gasteiger partial charge in [0.1, 0.15) is 23.2 Å². The summed E-state index contributed by atoms with van der Waals surface area (Å²) in [5.41, 5.74) is 2.65. The number of hydrogen-bond donors (Lipinski definition) is 1. The second kappa shape index (κ2) is 8.20. The monoisotopic (exact) mass is 404 g/mol. The van der Waals surface area contributed by atoms with Crippen LogP contribution >= 0.6 is 0 Å². The Kier molecular flexibility index (Phi) is 5.30. The van der Waals surface area contributed by atoms with Crippen molar-refractivity contribution in [1.29, 1.82) is 0 Å². The molecule has 1 amide bonds. The predicted octanol–water partition coefficient (Wildman–Crippen LogP) is 3.40. The molecule has 152 valence electrons. The molecule has 4 rings (SSSR count). The van der Waals surface area contributed by atoms with E-state index in [0.717, 1.165) is 11.1 Å². The summed E-state index contributed by atoms with van der Waals surface area (Å²) in [6.07, 6.45) is 1.46. The smallest absolute Gasteiger partial charge is 0.266 e. The van der Waals surface area contributed by atoms with Gasteiger partial charge in [-0.25, -0.2) is 4.98 Å². The number of methoxy groups -OCH3 is 1. The third-order valence-electron chi connectivity index (χ3n) is 4.72. The summed E-state index contributed by atoms with van der Waals surface area (Å²) in [5, 5.41) is 7.13. The van der Waals surface area contributed by atoms with Crippen molar-refractivity contribution in [2.75, 3.05) is 12.4 Å². The Morgan fingerprint density at radius 2 is 2.00 bits per heavy atom. The van der Waals surface area contributed by atoms with Crippen molar-refractivity contribution in [2.24, 2.45) is 0 Å². The number of nitrogens with zero attached hydrogens (tertiary/aromatic N) is 3. The van der Waals surface area contributed by atoms with Crippen LogP contribution in [0.1, 0.15) is 12.0 Å². The Morgan fingerprint density at radius 3 is 2.77 bits per heavy atom. The minimum absolute atomic E-state index is 0.0934. The van der Waals surface area contributed by atoms with Crippen LogP contribution in [0.5, 0.6) is 5.75 Å². The highest BCUT2D eigenvalue weighted by molar-refractivity contribution is 5.92. The van der Waals surface area contributed by atoms with Gasteiger partial charge in [0, 0.05) is 18.5 Å². The molecule has 8 heteroatoms. The average Bonchev–Trinajstić information content (AvgIpc) is 3.19. The molecule has 30 heavy (non-hydrogen) atoms. The van der Waals surface area contributed by atoms with Gasteiger partial charge in [-0.3, -0.25) is 14.2 Å². The van der Waals surface area contributed by atoms with Gasteiger partial charge >= 0.3 is 0 Å². The summed E-state index contributed by atoms with van der Waals surface area (Å²) in [4.78, 5) is 29.6. The van der Waals surface area contributed by atoms with E-state index >= 15 is 0 Å². The highest BCUT2D eigenvalue weighted by Crippen LogP contribution is 2.26. The molecule has 2 heterocycles. The Balaban J connectivity index is 1.55. The fourth-order valence-electron chi connectivity index (χ4n) is 3.19. The lowest BCUT2D eigenvalue weighted by Gasteiger charge is -2.11. The van der Waals surface area contributed by atoms with E-state index in [2.05, 4.69) is 15.5 Å². The number of carbonyl (C=O) groups excluding carboxylic acids is 1. The van der Waals surface area contributed by atoms with Crippen LogP contribution in [-0.4, -0.2) is 27.7 Å². The van der Waals surface area contributed by atoms with Crippen LogP contribution in [0.25, 0.3) is 22.4 Å². The molecule has 0 saturated carbocycles. The number of anilines is 1. The highest BCUT2D eigenvalue weighted by atomic mass is 16.5. The molecule has 0 unspecified atom stereocenters. The van der Waals surface area contributed by atoms with E-state index in [1.54, 1.807) is 13.2 Å². The normalized spacial score (nSPS) is 10.9. The van der Waals surface area contributed by atoms with E-state index < -0.39 is 0 Å². The Hall–Kier alpha value is -3.94. The summed E-state index contributed by atoms with van der Waals surface area (Å²) in [6.45, 7) is 2.10. The maximum absolute atomic E-state index is 13.0. The number of carbonyl (C=O) groups is 1. The SMILES string of the molecule is COc1ccc(C)cc1NC(=O)CCn1cnc2onc(-c3ccccc3)c2c1=O. The average molecular weight is 404 g/mol. The number of aryl methyl sites for hydroxylation is 2. The second-order valence-corrected chi connectivity index (χ2v) is 6.82. The summed E-state index contributed by atoms with van der Waals surface area (Å²) < 4.78 is 11.9. The first-order valence-corrected chi connectivity index (χ1v) is 9.41. The van der Waals surface area contributed by atoms with Gasteiger partial charge in [-0.05, 0) is 24.6 Å². The highest BCUT2D eigenvalue weighted by Gasteiger charge is 2.17. The first kappa shape index (κ1) is 19.4. The van der Waals surface area contributed by atoms with Gasteiger partial charge in [0.25, 0.3) is 11.3 Å². The fraction of sp³-hybridized carbons (Fsp3) is 0.182. The van der Waals surface area contributed by atoms with Crippen molar-refractivity contribution < 1.29 is 14.1 Å². The number of fused-ring (bicyclic) bond motifs is 1. The Labute approximate surface area is 172 Å². The summed E-state index contributed by atoms with van der Waals surface area (Å²) in [5.74, 6) is 0.339. The molecule has 0 bridgehead atoms. The summed E-state index contributed by atoms with van der Waals surface area (Å²) >= 11 is 0. The molecule has 0 fully saturated rings. The van der Waals surface area contributed by atoms with Crippen molar-refractivity contribution in [3.63, 3.8) is 0 Å². The molecule has 8 nitrogen and oxygen atoms in total. The van der Waals surface area contributed by atoms with Crippen LogP contribution in [0.15, 0.2) is 64.2 Å². The number of amides is 1. The number of rotatable bonds is 6. The standard InChI is InChI=1S/C22H20N4O4/c1-14-8-9-17(29-2)16(12-14)24-18(27)10-11-26-13-23-21-19(22(26)28)20(25-30-21)15-6-4-3-5-7-15/h3-9,12-13H,10-11H2,1-2H3,(H,24,27). The number of nitrogens with one attached hydrogen (secondary N) is 1. The van der Waals surface area contributed by atoms with E-state index in [1.807, 2.05) is 49.4 Å². The maximum Gasteiger partial charge on any atom is 0.266 e. The predicted molar refractivity (Wildman–Crippen MR) is 112 cm³/mol. The zero-order valence-corrected chi connectivity index (χ0v) is 16.6. The lowest BCUT2D eigenvalue weighted by molar-refractivity contribution is -0.116. The molecule has 4 aromatic rings. The molecule has 2 aromatic carbocycles. The van der Waals surface area contributed by atoms with Crippen LogP contribution in [0.2, 0.25) is 0 Å². The third-order valence-corrected chi connectivity index (χ3v) is 4.72. The van der Waals surface area contributed by atoms with Gasteiger partial charge in [-0.15, -0.1) is 0 Å². The zero-order valence-electron chi connectivity index (χ0n) is 16.6. The van der Waals surface area contributed by atoms with Crippen LogP contribution < -0.4 is 15.6 Å². The molecule has 2 aromatic heterocycles. The lowest BCUT2D eigenvalue weighted by atomic mass is 10.1. The quantitative estimate of drug-likeness (QED) is 0.529. The Bertz CT molecular complexity index is 1260. The largest absolute Gasteiger partial charge is 0.495 e. The van der Waals surface area contributed by atoms with E-state index in [-0.39, 0.29) is 30.1 Å². The van der Waals surface area contributed by atoms with Crippen molar-refractivity contribution in [3.8, 4) is 17.0 Å². The number of hydrogen-bond acceptors (Lipinski definition) is 6. The van der Waals surface area contributed by atoms with Crippen LogP contribution in [-0.2, 0) is 11.3 Å². The molecule has 1 N–H and O–H groups in total. The Morgan fingerprint density at radius 1 is 1.20 bits per heavy atom. The molecular formula is C22H20N4O4. The van der Waals surface area contributed by atoms with Crippen LogP contribution in [0.4, 0.5) is 5.69 Å². The van der Waals surface area contributed by atoms with E-state index in [1.165, 1.54) is 10.9 Å². The van der Waals surface area contributed by atoms with Crippen molar-refractivity contribution in [3.05, 3.63) is 70.8 Å². The molecule has 0 aliphatic heterocycles. The zero-order chi connectivity index (χ0) is 21.1. The first-order valence-electron chi connectivity index (χ1n) is 9.41. The molecule has 0 aliphatic carbocycles. The topological polar surface area (TPSA) is 99.2 Å². The van der Waals surface area contributed by atoms with E-state index in [0.29, 0.717) is 22.5 Å². The first-order chi connectivity index (χ1) is 14.6.